The van der Waals surface area contributed by atoms with E-state index in [9.17, 15) is 0 Å². The molecule has 2 N–H and O–H groups in total. The molecule has 70 valence electrons. The fraction of sp³-hybridized carbons (Fsp3) is 0.400. The van der Waals surface area contributed by atoms with Crippen molar-refractivity contribution in [3.63, 3.8) is 0 Å². The number of thioether (sulfide) groups is 1. The Hall–Kier alpha value is -0.470. The second kappa shape index (κ2) is 8.62. The molecule has 0 aromatic heterocycles. The van der Waals surface area contributed by atoms with Crippen LogP contribution < -0.4 is 0 Å². The Morgan fingerprint density at radius 1 is 1.00 bits per heavy atom. The molecule has 0 bridgehead atoms. The highest BCUT2D eigenvalue weighted by Gasteiger charge is 1.85. The molecule has 0 radical (unpaired) electrons. The Balaban J connectivity index is 0. The first-order chi connectivity index (χ1) is 5.33. The lowest BCUT2D eigenvalue weighted by Crippen LogP contribution is -1.70. The summed E-state index contributed by atoms with van der Waals surface area (Å²) in [5.41, 5.74) is 1.33. The summed E-state index contributed by atoms with van der Waals surface area (Å²) in [5, 5.41) is 0. The van der Waals surface area contributed by atoms with Crippen LogP contribution >= 0.6 is 11.8 Å². The van der Waals surface area contributed by atoms with Crippen molar-refractivity contribution < 1.29 is 5.48 Å². The molecule has 0 aliphatic heterocycles. The van der Waals surface area contributed by atoms with Gasteiger partial charge in [0.15, 0.2) is 0 Å². The summed E-state index contributed by atoms with van der Waals surface area (Å²) in [7, 11) is 0. The van der Waals surface area contributed by atoms with Crippen LogP contribution in [0, 0.1) is 6.92 Å². The standard InChI is InChI=1S/C8H10S.C2H6.H2O/c1-7-3-5-8(9-2)6-4-7;1-2;/h3-6H,1-2H3;1-2H3;1H2. The lowest BCUT2D eigenvalue weighted by molar-refractivity contribution is 0.824. The predicted molar refractivity (Wildman–Crippen MR) is 57.9 cm³/mol. The van der Waals surface area contributed by atoms with Crippen LogP contribution in [0.15, 0.2) is 29.2 Å². The summed E-state index contributed by atoms with van der Waals surface area (Å²) < 4.78 is 0. The normalized spacial score (nSPS) is 7.67. The lowest BCUT2D eigenvalue weighted by atomic mass is 10.2. The van der Waals surface area contributed by atoms with E-state index in [1.54, 1.807) is 11.8 Å². The average molecular weight is 186 g/mol. The van der Waals surface area contributed by atoms with Gasteiger partial charge in [0, 0.05) is 4.90 Å². The molecule has 0 atom stereocenters. The van der Waals surface area contributed by atoms with Gasteiger partial charge >= 0.3 is 0 Å². The summed E-state index contributed by atoms with van der Waals surface area (Å²) in [6.45, 7) is 6.10. The molecule has 0 aliphatic rings. The zero-order chi connectivity index (χ0) is 8.69. The van der Waals surface area contributed by atoms with Gasteiger partial charge in [0.25, 0.3) is 0 Å². The van der Waals surface area contributed by atoms with Crippen molar-refractivity contribution in [2.75, 3.05) is 6.26 Å². The van der Waals surface area contributed by atoms with Crippen LogP contribution in [-0.4, -0.2) is 11.7 Å². The molecule has 0 heterocycles. The van der Waals surface area contributed by atoms with E-state index in [-0.39, 0.29) is 5.48 Å². The number of hydrogen-bond acceptors (Lipinski definition) is 1. The van der Waals surface area contributed by atoms with E-state index in [1.165, 1.54) is 10.5 Å². The lowest BCUT2D eigenvalue weighted by Gasteiger charge is -1.93. The zero-order valence-corrected chi connectivity index (χ0v) is 9.03. The van der Waals surface area contributed by atoms with Gasteiger partial charge in [-0.15, -0.1) is 11.8 Å². The highest BCUT2D eigenvalue weighted by Crippen LogP contribution is 2.13. The van der Waals surface area contributed by atoms with Gasteiger partial charge in [0.2, 0.25) is 0 Å². The van der Waals surface area contributed by atoms with Gasteiger partial charge in [-0.3, -0.25) is 0 Å². The number of benzene rings is 1. The monoisotopic (exact) mass is 186 g/mol. The van der Waals surface area contributed by atoms with Gasteiger partial charge in [0.05, 0.1) is 0 Å². The van der Waals surface area contributed by atoms with Crippen molar-refractivity contribution in [3.05, 3.63) is 29.8 Å². The van der Waals surface area contributed by atoms with Crippen molar-refractivity contribution in [1.82, 2.24) is 0 Å². The Morgan fingerprint density at radius 3 is 1.75 bits per heavy atom. The molecule has 1 aromatic rings. The fourth-order valence-electron chi connectivity index (χ4n) is 0.674. The third-order valence-corrected chi connectivity index (χ3v) is 2.00. The maximum absolute atomic E-state index is 2.14. The number of aryl methyl sites for hydroxylation is 1. The predicted octanol–water partition coefficient (Wildman–Crippen LogP) is 2.92. The zero-order valence-electron chi connectivity index (χ0n) is 8.22. The highest BCUT2D eigenvalue weighted by molar-refractivity contribution is 7.98. The molecule has 0 saturated heterocycles. The minimum atomic E-state index is 0. The molecule has 0 amide bonds. The summed E-state index contributed by atoms with van der Waals surface area (Å²) >= 11 is 1.78. The van der Waals surface area contributed by atoms with Crippen molar-refractivity contribution in [1.29, 1.82) is 0 Å². The van der Waals surface area contributed by atoms with Crippen LogP contribution in [0.2, 0.25) is 0 Å². The first-order valence-corrected chi connectivity index (χ1v) is 5.16. The molecule has 0 unspecified atom stereocenters. The van der Waals surface area contributed by atoms with E-state index < -0.39 is 0 Å². The molecular weight excluding hydrogens is 168 g/mol. The maximum Gasteiger partial charge on any atom is 0.00693 e. The van der Waals surface area contributed by atoms with E-state index in [4.69, 9.17) is 0 Å². The van der Waals surface area contributed by atoms with Gasteiger partial charge in [-0.2, -0.15) is 0 Å². The summed E-state index contributed by atoms with van der Waals surface area (Å²) in [6.07, 6.45) is 2.09. The van der Waals surface area contributed by atoms with Gasteiger partial charge in [-0.05, 0) is 25.3 Å². The van der Waals surface area contributed by atoms with E-state index in [2.05, 4.69) is 37.4 Å². The third kappa shape index (κ3) is 5.22. The Kier molecular flexibility index (Phi) is 10.1. The van der Waals surface area contributed by atoms with Crippen LogP contribution in [0.25, 0.3) is 0 Å². The molecule has 1 nitrogen and oxygen atoms in total. The molecule has 0 fully saturated rings. The number of rotatable bonds is 1. The quantitative estimate of drug-likeness (QED) is 0.620. The van der Waals surface area contributed by atoms with Gasteiger partial charge in [-0.1, -0.05) is 31.5 Å². The minimum Gasteiger partial charge on any atom is -0.412 e. The Labute approximate surface area is 79.5 Å². The van der Waals surface area contributed by atoms with E-state index in [0.29, 0.717) is 0 Å². The molecule has 2 heteroatoms. The molecular formula is C10H18OS. The molecule has 0 spiro atoms. The highest BCUT2D eigenvalue weighted by atomic mass is 32.2. The van der Waals surface area contributed by atoms with Gasteiger partial charge in [-0.25, -0.2) is 0 Å². The second-order valence-corrected chi connectivity index (χ2v) is 2.90. The van der Waals surface area contributed by atoms with Crippen LogP contribution in [0.5, 0.6) is 0 Å². The topological polar surface area (TPSA) is 31.5 Å². The minimum absolute atomic E-state index is 0. The first kappa shape index (κ1) is 14.1. The Bertz CT molecular complexity index is 182. The molecule has 0 saturated carbocycles. The summed E-state index contributed by atoms with van der Waals surface area (Å²) in [5.74, 6) is 0. The smallest absolute Gasteiger partial charge is 0.00693 e. The van der Waals surface area contributed by atoms with E-state index >= 15 is 0 Å². The van der Waals surface area contributed by atoms with Gasteiger partial charge in [0.1, 0.15) is 0 Å². The van der Waals surface area contributed by atoms with Crippen molar-refractivity contribution in [2.45, 2.75) is 25.7 Å². The summed E-state index contributed by atoms with van der Waals surface area (Å²) in [6, 6.07) is 8.54. The Morgan fingerprint density at radius 2 is 1.42 bits per heavy atom. The molecule has 0 aliphatic carbocycles. The van der Waals surface area contributed by atoms with Crippen molar-refractivity contribution in [2.24, 2.45) is 0 Å². The third-order valence-electron chi connectivity index (χ3n) is 1.26. The molecule has 1 aromatic carbocycles. The van der Waals surface area contributed by atoms with Crippen molar-refractivity contribution >= 4 is 11.8 Å². The van der Waals surface area contributed by atoms with Gasteiger partial charge < -0.3 is 5.48 Å². The average Bonchev–Trinajstić information content (AvgIpc) is 2.10. The van der Waals surface area contributed by atoms with E-state index in [0.717, 1.165) is 0 Å². The van der Waals surface area contributed by atoms with Crippen LogP contribution in [0.1, 0.15) is 19.4 Å². The molecule has 1 rings (SSSR count). The summed E-state index contributed by atoms with van der Waals surface area (Å²) in [4.78, 5) is 1.33. The molecule has 12 heavy (non-hydrogen) atoms. The van der Waals surface area contributed by atoms with Crippen LogP contribution in [0.4, 0.5) is 0 Å². The maximum atomic E-state index is 2.14. The van der Waals surface area contributed by atoms with Crippen molar-refractivity contribution in [3.8, 4) is 0 Å². The number of hydrogen-bond donors (Lipinski definition) is 0. The van der Waals surface area contributed by atoms with E-state index in [1.807, 2.05) is 13.8 Å². The van der Waals surface area contributed by atoms with Crippen LogP contribution in [-0.2, 0) is 0 Å². The largest absolute Gasteiger partial charge is 0.412 e. The SMILES string of the molecule is CC.CSc1ccc(C)cc1.O. The van der Waals surface area contributed by atoms with Crippen LogP contribution in [0.3, 0.4) is 0 Å². The first-order valence-electron chi connectivity index (χ1n) is 3.93. The fourth-order valence-corrected chi connectivity index (χ4v) is 1.08. The second-order valence-electron chi connectivity index (χ2n) is 2.02.